The van der Waals surface area contributed by atoms with Gasteiger partial charge in [0.1, 0.15) is 11.3 Å². The molecule has 0 spiro atoms. The highest BCUT2D eigenvalue weighted by Gasteiger charge is 2.17. The lowest BCUT2D eigenvalue weighted by Crippen LogP contribution is -2.30. The Morgan fingerprint density at radius 3 is 2.57 bits per heavy atom. The van der Waals surface area contributed by atoms with Gasteiger partial charge in [0.25, 0.3) is 5.91 Å². The zero-order valence-corrected chi connectivity index (χ0v) is 15.7. The van der Waals surface area contributed by atoms with Crippen LogP contribution in [0.2, 0.25) is 0 Å². The molecule has 1 heterocycles. The first-order valence-electron chi connectivity index (χ1n) is 9.09. The Hall–Kier alpha value is -3.60. The van der Waals surface area contributed by atoms with Gasteiger partial charge in [-0.2, -0.15) is 0 Å². The number of carbonyl (C=O) groups excluding carboxylic acids is 1. The smallest absolute Gasteiger partial charge is 0.265 e. The second-order valence-corrected chi connectivity index (χ2v) is 6.58. The molecule has 0 saturated heterocycles. The lowest BCUT2D eigenvalue weighted by molar-refractivity contribution is -0.122. The van der Waals surface area contributed by atoms with Crippen molar-refractivity contribution >= 4 is 22.7 Å². The van der Waals surface area contributed by atoms with E-state index in [-0.39, 0.29) is 5.91 Å². The molecule has 3 aromatic carbocycles. The molecular weight excluding hydrogens is 352 g/mol. The van der Waals surface area contributed by atoms with Gasteiger partial charge in [0.05, 0.1) is 0 Å². The molecule has 1 atom stereocenters. The summed E-state index contributed by atoms with van der Waals surface area (Å²) in [6.45, 7) is 3.66. The standard InChI is InChI=1S/C23H20N2O3/c1-15-12-13-17(23-25-19-10-6-7-11-21(19)28-23)14-20(15)24-22(26)16(2)27-18-8-4-3-5-9-18/h3-14,16H,1-2H3,(H,24,26). The summed E-state index contributed by atoms with van der Waals surface area (Å²) in [4.78, 5) is 17.1. The summed E-state index contributed by atoms with van der Waals surface area (Å²) < 4.78 is 11.5. The fraction of sp³-hybridized carbons (Fsp3) is 0.130. The number of hydrogen-bond acceptors (Lipinski definition) is 4. The highest BCUT2D eigenvalue weighted by molar-refractivity contribution is 5.95. The van der Waals surface area contributed by atoms with Crippen LogP contribution in [0, 0.1) is 6.92 Å². The van der Waals surface area contributed by atoms with Gasteiger partial charge in [-0.15, -0.1) is 0 Å². The first-order chi connectivity index (χ1) is 13.6. The summed E-state index contributed by atoms with van der Waals surface area (Å²) >= 11 is 0. The number of anilines is 1. The maximum atomic E-state index is 12.6. The van der Waals surface area contributed by atoms with Gasteiger partial charge in [-0.3, -0.25) is 4.79 Å². The predicted molar refractivity (Wildman–Crippen MR) is 109 cm³/mol. The quantitative estimate of drug-likeness (QED) is 0.522. The molecule has 0 bridgehead atoms. The minimum atomic E-state index is -0.630. The van der Waals surface area contributed by atoms with Crippen molar-refractivity contribution in [3.05, 3.63) is 78.4 Å². The van der Waals surface area contributed by atoms with Gasteiger partial charge in [0.2, 0.25) is 5.89 Å². The number of carbonyl (C=O) groups is 1. The summed E-state index contributed by atoms with van der Waals surface area (Å²) in [5.41, 5.74) is 3.98. The molecule has 4 rings (SSSR count). The number of fused-ring (bicyclic) bond motifs is 1. The maximum Gasteiger partial charge on any atom is 0.265 e. The largest absolute Gasteiger partial charge is 0.481 e. The van der Waals surface area contributed by atoms with Crippen LogP contribution in [0.4, 0.5) is 5.69 Å². The third kappa shape index (κ3) is 3.74. The van der Waals surface area contributed by atoms with Gasteiger partial charge in [0, 0.05) is 11.3 Å². The van der Waals surface area contributed by atoms with Crippen LogP contribution >= 0.6 is 0 Å². The van der Waals surface area contributed by atoms with Crippen LogP contribution in [0.1, 0.15) is 12.5 Å². The minimum absolute atomic E-state index is 0.221. The molecule has 0 fully saturated rings. The Balaban J connectivity index is 1.54. The van der Waals surface area contributed by atoms with E-state index in [1.807, 2.05) is 79.7 Å². The fourth-order valence-electron chi connectivity index (χ4n) is 2.88. The number of oxazole rings is 1. The van der Waals surface area contributed by atoms with E-state index in [1.54, 1.807) is 6.92 Å². The first-order valence-corrected chi connectivity index (χ1v) is 9.09. The Bertz CT molecular complexity index is 1090. The molecule has 1 aromatic heterocycles. The van der Waals surface area contributed by atoms with E-state index in [4.69, 9.17) is 9.15 Å². The topological polar surface area (TPSA) is 64.4 Å². The number of hydrogen-bond donors (Lipinski definition) is 1. The van der Waals surface area contributed by atoms with Gasteiger partial charge in [-0.05, 0) is 55.8 Å². The van der Waals surface area contributed by atoms with Crippen LogP contribution in [0.15, 0.2) is 77.2 Å². The number of ether oxygens (including phenoxy) is 1. The van der Waals surface area contributed by atoms with Gasteiger partial charge >= 0.3 is 0 Å². The normalized spacial score (nSPS) is 11.9. The van der Waals surface area contributed by atoms with Crippen LogP contribution in [0.3, 0.4) is 0 Å². The van der Waals surface area contributed by atoms with E-state index in [9.17, 15) is 4.79 Å². The summed E-state index contributed by atoms with van der Waals surface area (Å²) in [7, 11) is 0. The molecule has 140 valence electrons. The molecule has 1 N–H and O–H groups in total. The van der Waals surface area contributed by atoms with Crippen molar-refractivity contribution in [2.45, 2.75) is 20.0 Å². The second-order valence-electron chi connectivity index (χ2n) is 6.58. The summed E-state index contributed by atoms with van der Waals surface area (Å²) in [6, 6.07) is 22.6. The van der Waals surface area contributed by atoms with E-state index in [2.05, 4.69) is 10.3 Å². The van der Waals surface area contributed by atoms with Crippen LogP contribution in [0.5, 0.6) is 5.75 Å². The Labute approximate surface area is 163 Å². The number of aromatic nitrogens is 1. The highest BCUT2D eigenvalue weighted by Crippen LogP contribution is 2.28. The number of para-hydroxylation sites is 3. The van der Waals surface area contributed by atoms with Gasteiger partial charge in [-0.1, -0.05) is 36.4 Å². The average Bonchev–Trinajstić information content (AvgIpc) is 3.14. The van der Waals surface area contributed by atoms with Crippen molar-refractivity contribution in [2.75, 3.05) is 5.32 Å². The summed E-state index contributed by atoms with van der Waals surface area (Å²) in [5.74, 6) is 0.953. The van der Waals surface area contributed by atoms with Gasteiger partial charge < -0.3 is 14.5 Å². The van der Waals surface area contributed by atoms with E-state index in [0.717, 1.165) is 22.2 Å². The van der Waals surface area contributed by atoms with Gasteiger partial charge in [-0.25, -0.2) is 4.98 Å². The molecular formula is C23H20N2O3. The maximum absolute atomic E-state index is 12.6. The minimum Gasteiger partial charge on any atom is -0.481 e. The van der Waals surface area contributed by atoms with E-state index in [0.29, 0.717) is 17.3 Å². The molecule has 0 aliphatic rings. The predicted octanol–water partition coefficient (Wildman–Crippen LogP) is 5.21. The number of amides is 1. The van der Waals surface area contributed by atoms with Crippen molar-refractivity contribution in [3.8, 4) is 17.2 Å². The molecule has 5 heteroatoms. The van der Waals surface area contributed by atoms with Crippen molar-refractivity contribution in [3.63, 3.8) is 0 Å². The van der Waals surface area contributed by atoms with Crippen molar-refractivity contribution < 1.29 is 13.9 Å². The Morgan fingerprint density at radius 1 is 1.04 bits per heavy atom. The van der Waals surface area contributed by atoms with Crippen LogP contribution in [-0.2, 0) is 4.79 Å². The SMILES string of the molecule is Cc1ccc(-c2nc3ccccc3o2)cc1NC(=O)C(C)Oc1ccccc1. The molecule has 28 heavy (non-hydrogen) atoms. The lowest BCUT2D eigenvalue weighted by atomic mass is 10.1. The van der Waals surface area contributed by atoms with Crippen molar-refractivity contribution in [1.82, 2.24) is 4.98 Å². The highest BCUT2D eigenvalue weighted by atomic mass is 16.5. The monoisotopic (exact) mass is 372 g/mol. The number of rotatable bonds is 5. The number of nitrogens with one attached hydrogen (secondary N) is 1. The fourth-order valence-corrected chi connectivity index (χ4v) is 2.88. The van der Waals surface area contributed by atoms with Crippen LogP contribution < -0.4 is 10.1 Å². The Morgan fingerprint density at radius 2 is 1.79 bits per heavy atom. The number of benzene rings is 3. The van der Waals surface area contributed by atoms with E-state index < -0.39 is 6.10 Å². The Kier molecular flexibility index (Phi) is 4.81. The van der Waals surface area contributed by atoms with Crippen molar-refractivity contribution in [1.29, 1.82) is 0 Å². The molecule has 0 aliphatic heterocycles. The molecule has 1 amide bonds. The van der Waals surface area contributed by atoms with Crippen LogP contribution in [0.25, 0.3) is 22.6 Å². The molecule has 1 unspecified atom stereocenters. The molecule has 0 radical (unpaired) electrons. The number of aryl methyl sites for hydroxylation is 1. The summed E-state index contributed by atoms with van der Waals surface area (Å²) in [6.07, 6.45) is -0.630. The lowest BCUT2D eigenvalue weighted by Gasteiger charge is -2.16. The third-order valence-electron chi connectivity index (χ3n) is 4.46. The second kappa shape index (κ2) is 7.56. The molecule has 5 nitrogen and oxygen atoms in total. The zero-order valence-electron chi connectivity index (χ0n) is 15.7. The number of nitrogens with zero attached hydrogens (tertiary/aromatic N) is 1. The van der Waals surface area contributed by atoms with Crippen LogP contribution in [-0.4, -0.2) is 17.0 Å². The first kappa shape index (κ1) is 17.8. The van der Waals surface area contributed by atoms with Gasteiger partial charge in [0.15, 0.2) is 11.7 Å². The summed E-state index contributed by atoms with van der Waals surface area (Å²) in [5, 5.41) is 2.94. The average molecular weight is 372 g/mol. The molecule has 0 aliphatic carbocycles. The van der Waals surface area contributed by atoms with Crippen molar-refractivity contribution in [2.24, 2.45) is 0 Å². The zero-order chi connectivity index (χ0) is 19.5. The van der Waals surface area contributed by atoms with E-state index >= 15 is 0 Å². The molecule has 0 saturated carbocycles. The van der Waals surface area contributed by atoms with E-state index in [1.165, 1.54) is 0 Å². The molecule has 4 aromatic rings. The third-order valence-corrected chi connectivity index (χ3v) is 4.46.